The molecular weight excluding hydrogens is 302 g/mol. The number of methoxy groups -OCH3 is 1. The first-order chi connectivity index (χ1) is 11.8. The second kappa shape index (κ2) is 6.34. The van der Waals surface area contributed by atoms with E-state index in [1.807, 2.05) is 24.3 Å². The molecular formula is C20H23NO3. The van der Waals surface area contributed by atoms with Crippen molar-refractivity contribution in [2.75, 3.05) is 13.7 Å². The molecule has 126 valence electrons. The minimum atomic E-state index is 0.118. The van der Waals surface area contributed by atoms with Crippen LogP contribution in [0.25, 0.3) is 0 Å². The van der Waals surface area contributed by atoms with E-state index >= 15 is 0 Å². The molecule has 2 fully saturated rings. The molecule has 0 bridgehead atoms. The van der Waals surface area contributed by atoms with Crippen LogP contribution in [0.15, 0.2) is 47.1 Å². The predicted octanol–water partition coefficient (Wildman–Crippen LogP) is 3.63. The molecule has 3 atom stereocenters. The lowest BCUT2D eigenvalue weighted by Crippen LogP contribution is -2.38. The summed E-state index contributed by atoms with van der Waals surface area (Å²) in [6, 6.07) is 12.4. The van der Waals surface area contributed by atoms with Crippen molar-refractivity contribution in [3.05, 3.63) is 54.0 Å². The molecule has 1 saturated carbocycles. The summed E-state index contributed by atoms with van der Waals surface area (Å²) in [5.74, 6) is 2.55. The van der Waals surface area contributed by atoms with Crippen molar-refractivity contribution in [3.63, 3.8) is 0 Å². The number of hydrogen-bond donors (Lipinski definition) is 0. The van der Waals surface area contributed by atoms with Gasteiger partial charge in [-0.1, -0.05) is 12.1 Å². The third-order valence-electron chi connectivity index (χ3n) is 5.31. The molecule has 24 heavy (non-hydrogen) atoms. The third kappa shape index (κ3) is 2.93. The standard InChI is InChI=1S/C20H23NO3/c1-23-16-8-6-14(7-9-16)12-15-4-2-10-21(15)20(22)18-13-17(18)19-5-3-11-24-19/h3,5-9,11,15,17-18H,2,4,10,12-13H2,1H3. The molecule has 3 unspecified atom stereocenters. The summed E-state index contributed by atoms with van der Waals surface area (Å²) in [5.41, 5.74) is 1.26. The monoisotopic (exact) mass is 325 g/mol. The van der Waals surface area contributed by atoms with Gasteiger partial charge in [0.05, 0.1) is 13.4 Å². The molecule has 1 aromatic carbocycles. The number of amides is 1. The molecule has 1 saturated heterocycles. The quantitative estimate of drug-likeness (QED) is 0.843. The summed E-state index contributed by atoms with van der Waals surface area (Å²) in [5, 5.41) is 0. The second-order valence-corrected chi connectivity index (χ2v) is 6.84. The average molecular weight is 325 g/mol. The zero-order valence-corrected chi connectivity index (χ0v) is 14.0. The van der Waals surface area contributed by atoms with Crippen molar-refractivity contribution < 1.29 is 13.9 Å². The Bertz CT molecular complexity index is 692. The number of nitrogens with zero attached hydrogens (tertiary/aromatic N) is 1. The minimum Gasteiger partial charge on any atom is -0.497 e. The Morgan fingerprint density at radius 3 is 2.83 bits per heavy atom. The maximum Gasteiger partial charge on any atom is 0.226 e. The number of hydrogen-bond acceptors (Lipinski definition) is 3. The molecule has 2 aliphatic rings. The number of benzene rings is 1. The van der Waals surface area contributed by atoms with Crippen molar-refractivity contribution in [2.45, 2.75) is 37.6 Å². The van der Waals surface area contributed by atoms with Crippen LogP contribution in [-0.2, 0) is 11.2 Å². The molecule has 1 aromatic heterocycles. The van der Waals surface area contributed by atoms with Gasteiger partial charge in [-0.15, -0.1) is 0 Å². The van der Waals surface area contributed by atoms with Crippen molar-refractivity contribution >= 4 is 5.91 Å². The molecule has 0 radical (unpaired) electrons. The summed E-state index contributed by atoms with van der Waals surface area (Å²) in [6.07, 6.45) is 5.74. The molecule has 4 heteroatoms. The van der Waals surface area contributed by atoms with Gasteiger partial charge in [0, 0.05) is 24.4 Å². The van der Waals surface area contributed by atoms with E-state index in [9.17, 15) is 4.79 Å². The van der Waals surface area contributed by atoms with Crippen molar-refractivity contribution in [3.8, 4) is 5.75 Å². The Hall–Kier alpha value is -2.23. The molecule has 1 amide bonds. The molecule has 0 N–H and O–H groups in total. The van der Waals surface area contributed by atoms with Crippen LogP contribution in [0.2, 0.25) is 0 Å². The Morgan fingerprint density at radius 1 is 1.29 bits per heavy atom. The largest absolute Gasteiger partial charge is 0.497 e. The molecule has 1 aliphatic carbocycles. The fraction of sp³-hybridized carbons (Fsp3) is 0.450. The Morgan fingerprint density at radius 2 is 2.12 bits per heavy atom. The molecule has 2 heterocycles. The van der Waals surface area contributed by atoms with Crippen LogP contribution in [-0.4, -0.2) is 30.5 Å². The highest BCUT2D eigenvalue weighted by molar-refractivity contribution is 5.83. The highest BCUT2D eigenvalue weighted by Gasteiger charge is 2.49. The van der Waals surface area contributed by atoms with E-state index in [1.54, 1.807) is 13.4 Å². The molecule has 0 spiro atoms. The van der Waals surface area contributed by atoms with Gasteiger partial charge in [-0.2, -0.15) is 0 Å². The van der Waals surface area contributed by atoms with E-state index < -0.39 is 0 Å². The van der Waals surface area contributed by atoms with Gasteiger partial charge >= 0.3 is 0 Å². The van der Waals surface area contributed by atoms with Crippen molar-refractivity contribution in [2.24, 2.45) is 5.92 Å². The Balaban J connectivity index is 1.40. The summed E-state index contributed by atoms with van der Waals surface area (Å²) < 4.78 is 10.7. The lowest BCUT2D eigenvalue weighted by Gasteiger charge is -2.25. The highest BCUT2D eigenvalue weighted by Crippen LogP contribution is 2.49. The number of ether oxygens (including phenoxy) is 1. The maximum atomic E-state index is 12.9. The number of carbonyl (C=O) groups excluding carboxylic acids is 1. The van der Waals surface area contributed by atoms with Gasteiger partial charge in [-0.3, -0.25) is 4.79 Å². The fourth-order valence-electron chi connectivity index (χ4n) is 3.87. The van der Waals surface area contributed by atoms with Crippen LogP contribution in [0.5, 0.6) is 5.75 Å². The number of furan rings is 1. The zero-order valence-electron chi connectivity index (χ0n) is 14.0. The molecule has 4 nitrogen and oxygen atoms in total. The van der Waals surface area contributed by atoms with Crippen LogP contribution in [0.3, 0.4) is 0 Å². The first-order valence-electron chi connectivity index (χ1n) is 8.73. The Kier molecular flexibility index (Phi) is 4.05. The van der Waals surface area contributed by atoms with Gasteiger partial charge in [0.25, 0.3) is 0 Å². The topological polar surface area (TPSA) is 42.7 Å². The molecule has 4 rings (SSSR count). The van der Waals surface area contributed by atoms with Crippen LogP contribution in [0.1, 0.15) is 36.5 Å². The van der Waals surface area contributed by atoms with Gasteiger partial charge in [0.15, 0.2) is 0 Å². The average Bonchev–Trinajstić information content (AvgIpc) is 3.00. The number of rotatable bonds is 5. The van der Waals surface area contributed by atoms with Gasteiger partial charge < -0.3 is 14.1 Å². The summed E-state index contributed by atoms with van der Waals surface area (Å²) in [6.45, 7) is 0.890. The summed E-state index contributed by atoms with van der Waals surface area (Å²) in [4.78, 5) is 15.0. The van der Waals surface area contributed by atoms with Gasteiger partial charge in [-0.25, -0.2) is 0 Å². The number of likely N-dealkylation sites (tertiary alicyclic amines) is 1. The van der Waals surface area contributed by atoms with E-state index in [-0.39, 0.29) is 11.8 Å². The normalized spacial score (nSPS) is 25.7. The zero-order chi connectivity index (χ0) is 16.5. The first-order valence-corrected chi connectivity index (χ1v) is 8.73. The first kappa shape index (κ1) is 15.3. The SMILES string of the molecule is COc1ccc(CC2CCCN2C(=O)C2CC2c2ccco2)cc1. The minimum absolute atomic E-state index is 0.118. The van der Waals surface area contributed by atoms with E-state index in [0.717, 1.165) is 43.7 Å². The van der Waals surface area contributed by atoms with Crippen LogP contribution < -0.4 is 4.74 Å². The van der Waals surface area contributed by atoms with Crippen molar-refractivity contribution in [1.29, 1.82) is 0 Å². The predicted molar refractivity (Wildman–Crippen MR) is 91.0 cm³/mol. The number of carbonyl (C=O) groups is 1. The van der Waals surface area contributed by atoms with E-state index in [4.69, 9.17) is 9.15 Å². The van der Waals surface area contributed by atoms with E-state index in [0.29, 0.717) is 11.9 Å². The molecule has 2 aromatic rings. The van der Waals surface area contributed by atoms with Crippen LogP contribution in [0, 0.1) is 5.92 Å². The molecule has 1 aliphatic heterocycles. The van der Waals surface area contributed by atoms with Crippen molar-refractivity contribution in [1.82, 2.24) is 4.90 Å². The highest BCUT2D eigenvalue weighted by atomic mass is 16.5. The summed E-state index contributed by atoms with van der Waals surface area (Å²) >= 11 is 0. The van der Waals surface area contributed by atoms with E-state index in [2.05, 4.69) is 17.0 Å². The summed E-state index contributed by atoms with van der Waals surface area (Å²) in [7, 11) is 1.68. The lowest BCUT2D eigenvalue weighted by molar-refractivity contribution is -0.133. The van der Waals surface area contributed by atoms with E-state index in [1.165, 1.54) is 5.56 Å². The third-order valence-corrected chi connectivity index (χ3v) is 5.31. The fourth-order valence-corrected chi connectivity index (χ4v) is 3.87. The van der Waals surface area contributed by atoms with Gasteiger partial charge in [0.1, 0.15) is 11.5 Å². The van der Waals surface area contributed by atoms with Crippen LogP contribution >= 0.6 is 0 Å². The Labute approximate surface area is 142 Å². The van der Waals surface area contributed by atoms with Gasteiger partial charge in [-0.05, 0) is 55.5 Å². The lowest BCUT2D eigenvalue weighted by atomic mass is 10.0. The smallest absolute Gasteiger partial charge is 0.226 e. The van der Waals surface area contributed by atoms with Crippen LogP contribution in [0.4, 0.5) is 0 Å². The second-order valence-electron chi connectivity index (χ2n) is 6.84. The maximum absolute atomic E-state index is 12.9. The van der Waals surface area contributed by atoms with Gasteiger partial charge in [0.2, 0.25) is 5.91 Å².